The van der Waals surface area contributed by atoms with E-state index in [9.17, 15) is 9.59 Å². The van der Waals surface area contributed by atoms with Crippen molar-refractivity contribution >= 4 is 12.4 Å². The summed E-state index contributed by atoms with van der Waals surface area (Å²) in [5.74, 6) is 1.06. The zero-order valence-electron chi connectivity index (χ0n) is 13.6. The van der Waals surface area contributed by atoms with E-state index in [1.807, 2.05) is 0 Å². The molecule has 0 heterocycles. The largest absolute Gasteiger partial charge is 0.496 e. The monoisotopic (exact) mass is 309 g/mol. The highest BCUT2D eigenvalue weighted by Gasteiger charge is 2.25. The first-order chi connectivity index (χ1) is 10.3. The van der Waals surface area contributed by atoms with E-state index in [1.54, 1.807) is 39.0 Å². The number of hydrogen-bond donors (Lipinski definition) is 1. The number of methoxy groups -OCH3 is 2. The zero-order chi connectivity index (χ0) is 16.8. The van der Waals surface area contributed by atoms with Crippen LogP contribution in [0.2, 0.25) is 0 Å². The van der Waals surface area contributed by atoms with Gasteiger partial charge in [-0.3, -0.25) is 0 Å². The third-order valence-electron chi connectivity index (χ3n) is 2.84. The summed E-state index contributed by atoms with van der Waals surface area (Å²) >= 11 is 0. The molecule has 0 aliphatic rings. The van der Waals surface area contributed by atoms with E-state index in [0.717, 1.165) is 6.29 Å². The molecule has 1 aromatic carbocycles. The lowest BCUT2D eigenvalue weighted by Crippen LogP contribution is -2.35. The summed E-state index contributed by atoms with van der Waals surface area (Å²) < 4.78 is 15.9. The number of hydrogen-bond acceptors (Lipinski definition) is 5. The Labute approximate surface area is 130 Å². The molecule has 0 bridgehead atoms. The smallest absolute Gasteiger partial charge is 0.408 e. The molecule has 1 amide bonds. The van der Waals surface area contributed by atoms with Crippen molar-refractivity contribution in [3.05, 3.63) is 23.8 Å². The number of benzene rings is 1. The highest BCUT2D eigenvalue weighted by Crippen LogP contribution is 2.35. The number of amides is 1. The van der Waals surface area contributed by atoms with Crippen LogP contribution in [0.1, 0.15) is 38.8 Å². The molecule has 0 aliphatic heterocycles. The Morgan fingerprint density at radius 3 is 2.18 bits per heavy atom. The van der Waals surface area contributed by atoms with Gasteiger partial charge in [0.05, 0.1) is 25.8 Å². The molecule has 0 aromatic heterocycles. The van der Waals surface area contributed by atoms with Crippen LogP contribution in [0.4, 0.5) is 4.79 Å². The van der Waals surface area contributed by atoms with Crippen LogP contribution >= 0.6 is 0 Å². The summed E-state index contributed by atoms with van der Waals surface area (Å²) in [5, 5.41) is 2.69. The second kappa shape index (κ2) is 7.68. The van der Waals surface area contributed by atoms with E-state index in [4.69, 9.17) is 14.2 Å². The van der Waals surface area contributed by atoms with Crippen LogP contribution in [0, 0.1) is 0 Å². The first-order valence-corrected chi connectivity index (χ1v) is 6.96. The van der Waals surface area contributed by atoms with E-state index in [2.05, 4.69) is 5.32 Å². The molecule has 1 atom stereocenters. The fraction of sp³-hybridized carbons (Fsp3) is 0.500. The maximum absolute atomic E-state index is 12.0. The van der Waals surface area contributed by atoms with Crippen molar-refractivity contribution in [1.29, 1.82) is 0 Å². The quantitative estimate of drug-likeness (QED) is 0.818. The van der Waals surface area contributed by atoms with Gasteiger partial charge in [-0.15, -0.1) is 0 Å². The Balaban J connectivity index is 3.10. The van der Waals surface area contributed by atoms with Crippen LogP contribution in [0.15, 0.2) is 18.2 Å². The van der Waals surface area contributed by atoms with Gasteiger partial charge >= 0.3 is 6.09 Å². The average Bonchev–Trinajstić information content (AvgIpc) is 2.43. The van der Waals surface area contributed by atoms with Crippen LogP contribution in [0.5, 0.6) is 11.5 Å². The number of aldehydes is 1. The molecular weight excluding hydrogens is 286 g/mol. The SMILES string of the molecule is COc1cccc(OC)c1[C@H](CC=O)NC(=O)OC(C)(C)C. The molecule has 1 N–H and O–H groups in total. The lowest BCUT2D eigenvalue weighted by atomic mass is 10.0. The lowest BCUT2D eigenvalue weighted by molar-refractivity contribution is -0.108. The van der Waals surface area contributed by atoms with Gasteiger partial charge in [-0.2, -0.15) is 0 Å². The van der Waals surface area contributed by atoms with Crippen LogP contribution in [0.3, 0.4) is 0 Å². The van der Waals surface area contributed by atoms with E-state index < -0.39 is 17.7 Å². The van der Waals surface area contributed by atoms with Crippen LogP contribution in [-0.2, 0) is 9.53 Å². The molecule has 0 unspecified atom stereocenters. The summed E-state index contributed by atoms with van der Waals surface area (Å²) in [5.41, 5.74) is -0.0221. The number of rotatable bonds is 6. The van der Waals surface area contributed by atoms with Gasteiger partial charge in [0.15, 0.2) is 0 Å². The Bertz CT molecular complexity index is 500. The molecule has 0 radical (unpaired) electrons. The third-order valence-corrected chi connectivity index (χ3v) is 2.84. The molecule has 0 saturated heterocycles. The first kappa shape index (κ1) is 17.8. The summed E-state index contributed by atoms with van der Waals surface area (Å²) in [6.07, 6.45) is 0.205. The molecule has 0 aliphatic carbocycles. The van der Waals surface area contributed by atoms with Gasteiger partial charge in [-0.25, -0.2) is 4.79 Å². The first-order valence-electron chi connectivity index (χ1n) is 6.96. The average molecular weight is 309 g/mol. The zero-order valence-corrected chi connectivity index (χ0v) is 13.6. The molecule has 1 aromatic rings. The van der Waals surface area contributed by atoms with E-state index in [-0.39, 0.29) is 6.42 Å². The predicted molar refractivity (Wildman–Crippen MR) is 82.3 cm³/mol. The van der Waals surface area contributed by atoms with Crippen molar-refractivity contribution < 1.29 is 23.8 Å². The predicted octanol–water partition coefficient (Wildman–Crippen LogP) is 2.86. The maximum Gasteiger partial charge on any atom is 0.408 e. The molecular formula is C16H23NO5. The molecule has 1 rings (SSSR count). The number of carbonyl (C=O) groups excluding carboxylic acids is 2. The van der Waals surface area contributed by atoms with Gasteiger partial charge in [0, 0.05) is 6.42 Å². The Hall–Kier alpha value is -2.24. The topological polar surface area (TPSA) is 73.9 Å². The lowest BCUT2D eigenvalue weighted by Gasteiger charge is -2.25. The van der Waals surface area contributed by atoms with Crippen LogP contribution in [0.25, 0.3) is 0 Å². The van der Waals surface area contributed by atoms with Crippen molar-refractivity contribution in [2.75, 3.05) is 14.2 Å². The van der Waals surface area contributed by atoms with Gasteiger partial charge in [0.2, 0.25) is 0 Å². The summed E-state index contributed by atoms with van der Waals surface area (Å²) in [4.78, 5) is 23.0. The van der Waals surface area contributed by atoms with Crippen LogP contribution < -0.4 is 14.8 Å². The van der Waals surface area contributed by atoms with Gasteiger partial charge in [-0.05, 0) is 32.9 Å². The number of carbonyl (C=O) groups is 2. The summed E-state index contributed by atoms with van der Waals surface area (Å²) in [6.45, 7) is 5.31. The fourth-order valence-electron chi connectivity index (χ4n) is 2.02. The normalized spacial score (nSPS) is 12.2. The van der Waals surface area contributed by atoms with Crippen molar-refractivity contribution in [2.24, 2.45) is 0 Å². The molecule has 0 spiro atoms. The summed E-state index contributed by atoms with van der Waals surface area (Å²) in [7, 11) is 3.04. The Kier molecular flexibility index (Phi) is 6.22. The van der Waals surface area contributed by atoms with Crippen LogP contribution in [-0.4, -0.2) is 32.2 Å². The van der Waals surface area contributed by atoms with E-state index >= 15 is 0 Å². The van der Waals surface area contributed by atoms with Gasteiger partial charge < -0.3 is 24.3 Å². The van der Waals surface area contributed by atoms with Gasteiger partial charge in [-0.1, -0.05) is 6.07 Å². The minimum atomic E-state index is -0.624. The molecule has 122 valence electrons. The van der Waals surface area contributed by atoms with Crippen molar-refractivity contribution in [3.63, 3.8) is 0 Å². The molecule has 0 fully saturated rings. The Morgan fingerprint density at radius 1 is 1.23 bits per heavy atom. The Morgan fingerprint density at radius 2 is 1.77 bits per heavy atom. The highest BCUT2D eigenvalue weighted by molar-refractivity contribution is 5.70. The molecule has 0 saturated carbocycles. The third kappa shape index (κ3) is 4.95. The number of nitrogens with one attached hydrogen (secondary N) is 1. The molecule has 6 heteroatoms. The van der Waals surface area contributed by atoms with Crippen molar-refractivity contribution in [2.45, 2.75) is 38.8 Å². The fourth-order valence-corrected chi connectivity index (χ4v) is 2.02. The number of alkyl carbamates (subject to hydrolysis) is 1. The minimum absolute atomic E-state index is 0.0793. The number of ether oxygens (including phenoxy) is 3. The molecule has 6 nitrogen and oxygen atoms in total. The maximum atomic E-state index is 12.0. The standard InChI is InChI=1S/C16H23NO5/c1-16(2,3)22-15(19)17-11(9-10-18)14-12(20-4)7-6-8-13(14)21-5/h6-8,10-11H,9H2,1-5H3,(H,17,19)/t11-/m0/s1. The minimum Gasteiger partial charge on any atom is -0.496 e. The van der Waals surface area contributed by atoms with Gasteiger partial charge in [0.25, 0.3) is 0 Å². The van der Waals surface area contributed by atoms with E-state index in [0.29, 0.717) is 17.1 Å². The van der Waals surface area contributed by atoms with Crippen molar-refractivity contribution in [3.8, 4) is 11.5 Å². The molecule has 22 heavy (non-hydrogen) atoms. The second-order valence-corrected chi connectivity index (χ2v) is 5.68. The second-order valence-electron chi connectivity index (χ2n) is 5.68. The summed E-state index contributed by atoms with van der Waals surface area (Å²) in [6, 6.07) is 4.66. The highest BCUT2D eigenvalue weighted by atomic mass is 16.6. The van der Waals surface area contributed by atoms with Crippen molar-refractivity contribution in [1.82, 2.24) is 5.32 Å². The van der Waals surface area contributed by atoms with Gasteiger partial charge in [0.1, 0.15) is 23.4 Å². The van der Waals surface area contributed by atoms with E-state index in [1.165, 1.54) is 14.2 Å².